The summed E-state index contributed by atoms with van der Waals surface area (Å²) in [4.78, 5) is 5.52. The average Bonchev–Trinajstić information content (AvgIpc) is 2.68. The molecule has 0 aromatic carbocycles. The molecule has 1 N–H and O–H groups in total. The maximum atomic E-state index is 3.67. The van der Waals surface area contributed by atoms with Gasteiger partial charge in [0.15, 0.2) is 0 Å². The second kappa shape index (κ2) is 6.79. The van der Waals surface area contributed by atoms with Crippen molar-refractivity contribution in [3.05, 3.63) is 0 Å². The number of rotatable bonds is 5. The number of fused-ring (bicyclic) bond motifs is 2. The van der Waals surface area contributed by atoms with Crippen molar-refractivity contribution in [2.24, 2.45) is 0 Å². The lowest BCUT2D eigenvalue weighted by atomic mass is 9.97. The summed E-state index contributed by atoms with van der Waals surface area (Å²) in [6.45, 7) is 8.62. The molecular formula is C15H29N3S. The second-order valence-electron chi connectivity index (χ2n) is 6.30. The summed E-state index contributed by atoms with van der Waals surface area (Å²) < 4.78 is 0. The van der Waals surface area contributed by atoms with Crippen LogP contribution in [0.15, 0.2) is 0 Å². The Kier molecular flexibility index (Phi) is 5.07. The first-order chi connectivity index (χ1) is 9.36. The van der Waals surface area contributed by atoms with Crippen LogP contribution in [0.3, 0.4) is 0 Å². The number of nitrogens with zero attached hydrogens (tertiary/aromatic N) is 2. The lowest BCUT2D eigenvalue weighted by Gasteiger charge is -2.40. The van der Waals surface area contributed by atoms with Crippen molar-refractivity contribution in [3.8, 4) is 0 Å². The summed E-state index contributed by atoms with van der Waals surface area (Å²) in [5.41, 5.74) is 0. The van der Waals surface area contributed by atoms with Crippen LogP contribution < -0.4 is 5.32 Å². The van der Waals surface area contributed by atoms with Crippen molar-refractivity contribution in [2.75, 3.05) is 44.2 Å². The van der Waals surface area contributed by atoms with Crippen molar-refractivity contribution in [3.63, 3.8) is 0 Å². The molecule has 0 amide bonds. The van der Waals surface area contributed by atoms with Gasteiger partial charge in [-0.25, -0.2) is 0 Å². The van der Waals surface area contributed by atoms with Gasteiger partial charge in [-0.2, -0.15) is 11.8 Å². The molecule has 2 unspecified atom stereocenters. The summed E-state index contributed by atoms with van der Waals surface area (Å²) in [7, 11) is 0. The second-order valence-corrected chi connectivity index (χ2v) is 7.53. The van der Waals surface area contributed by atoms with Crippen LogP contribution in [0, 0.1) is 0 Å². The van der Waals surface area contributed by atoms with Crippen LogP contribution in [-0.2, 0) is 0 Å². The molecule has 4 heteroatoms. The number of hydrogen-bond acceptors (Lipinski definition) is 4. The minimum absolute atomic E-state index is 0.796. The molecule has 3 rings (SSSR count). The van der Waals surface area contributed by atoms with E-state index in [4.69, 9.17) is 0 Å². The van der Waals surface area contributed by atoms with Crippen LogP contribution in [0.1, 0.15) is 32.6 Å². The van der Waals surface area contributed by atoms with E-state index in [0.29, 0.717) is 0 Å². The first-order valence-corrected chi connectivity index (χ1v) is 9.31. The molecule has 2 bridgehead atoms. The Balaban J connectivity index is 1.47. The Labute approximate surface area is 122 Å². The number of nitrogens with one attached hydrogen (secondary N) is 1. The van der Waals surface area contributed by atoms with Crippen molar-refractivity contribution in [1.82, 2.24) is 15.1 Å². The molecule has 3 aliphatic rings. The fourth-order valence-corrected chi connectivity index (χ4v) is 5.15. The molecule has 0 saturated carbocycles. The van der Waals surface area contributed by atoms with Crippen LogP contribution in [0.4, 0.5) is 0 Å². The molecule has 19 heavy (non-hydrogen) atoms. The Bertz CT molecular complexity index is 267. The zero-order valence-electron chi connectivity index (χ0n) is 12.3. The van der Waals surface area contributed by atoms with Crippen LogP contribution >= 0.6 is 11.8 Å². The van der Waals surface area contributed by atoms with Gasteiger partial charge in [0.05, 0.1) is 0 Å². The molecular weight excluding hydrogens is 254 g/mol. The highest BCUT2D eigenvalue weighted by atomic mass is 32.2. The maximum absolute atomic E-state index is 3.67. The van der Waals surface area contributed by atoms with E-state index in [1.165, 1.54) is 63.4 Å². The molecule has 3 saturated heterocycles. The Morgan fingerprint density at radius 1 is 1.05 bits per heavy atom. The van der Waals surface area contributed by atoms with E-state index < -0.39 is 0 Å². The highest BCUT2D eigenvalue weighted by Crippen LogP contribution is 2.35. The third-order valence-electron chi connectivity index (χ3n) is 5.16. The molecule has 3 heterocycles. The average molecular weight is 283 g/mol. The zero-order chi connectivity index (χ0) is 13.1. The molecule has 0 aliphatic carbocycles. The highest BCUT2D eigenvalue weighted by molar-refractivity contribution is 7.99. The molecule has 0 aromatic rings. The van der Waals surface area contributed by atoms with E-state index in [0.717, 1.165) is 24.7 Å². The number of hydrogen-bond donors (Lipinski definition) is 1. The van der Waals surface area contributed by atoms with Crippen LogP contribution in [-0.4, -0.2) is 72.2 Å². The topological polar surface area (TPSA) is 18.5 Å². The first kappa shape index (κ1) is 14.2. The molecule has 3 fully saturated rings. The predicted molar refractivity (Wildman–Crippen MR) is 84.0 cm³/mol. The van der Waals surface area contributed by atoms with Gasteiger partial charge < -0.3 is 10.2 Å². The minimum Gasteiger partial charge on any atom is -0.314 e. The van der Waals surface area contributed by atoms with Gasteiger partial charge in [-0.15, -0.1) is 0 Å². The predicted octanol–water partition coefficient (Wildman–Crippen LogP) is 1.64. The van der Waals surface area contributed by atoms with Crippen molar-refractivity contribution in [2.45, 2.75) is 50.7 Å². The van der Waals surface area contributed by atoms with Gasteiger partial charge in [-0.05, 0) is 32.2 Å². The van der Waals surface area contributed by atoms with E-state index >= 15 is 0 Å². The lowest BCUT2D eigenvalue weighted by Crippen LogP contribution is -2.51. The number of piperidine rings is 1. The molecule has 110 valence electrons. The fraction of sp³-hybridized carbons (Fsp3) is 1.00. The molecule has 0 radical (unpaired) electrons. The lowest BCUT2D eigenvalue weighted by molar-refractivity contribution is 0.102. The molecule has 0 spiro atoms. The summed E-state index contributed by atoms with van der Waals surface area (Å²) in [5, 5.41) is 3.67. The van der Waals surface area contributed by atoms with Crippen LogP contribution in [0.2, 0.25) is 0 Å². The Hall–Kier alpha value is 0.230. The van der Waals surface area contributed by atoms with Gasteiger partial charge in [-0.3, -0.25) is 4.90 Å². The monoisotopic (exact) mass is 283 g/mol. The van der Waals surface area contributed by atoms with Crippen LogP contribution in [0.5, 0.6) is 0 Å². The Morgan fingerprint density at radius 2 is 1.74 bits per heavy atom. The van der Waals surface area contributed by atoms with Gasteiger partial charge >= 0.3 is 0 Å². The quantitative estimate of drug-likeness (QED) is 0.826. The highest BCUT2D eigenvalue weighted by Gasteiger charge is 2.40. The van der Waals surface area contributed by atoms with Crippen molar-refractivity contribution < 1.29 is 0 Å². The van der Waals surface area contributed by atoms with E-state index in [9.17, 15) is 0 Å². The summed E-state index contributed by atoms with van der Waals surface area (Å²) >= 11 is 2.12. The van der Waals surface area contributed by atoms with E-state index in [1.807, 2.05) is 0 Å². The smallest absolute Gasteiger partial charge is 0.0115 e. The van der Waals surface area contributed by atoms with Gasteiger partial charge in [0.2, 0.25) is 0 Å². The third kappa shape index (κ3) is 3.46. The maximum Gasteiger partial charge on any atom is 0.0115 e. The summed E-state index contributed by atoms with van der Waals surface area (Å²) in [6.07, 6.45) is 5.67. The normalized spacial score (nSPS) is 36.8. The van der Waals surface area contributed by atoms with Gasteiger partial charge in [0.1, 0.15) is 0 Å². The van der Waals surface area contributed by atoms with Gasteiger partial charge in [-0.1, -0.05) is 6.92 Å². The minimum atomic E-state index is 0.796. The largest absolute Gasteiger partial charge is 0.314 e. The summed E-state index contributed by atoms with van der Waals surface area (Å²) in [5.74, 6) is 2.69. The first-order valence-electron chi connectivity index (χ1n) is 8.16. The van der Waals surface area contributed by atoms with E-state index in [2.05, 4.69) is 33.8 Å². The SMILES string of the molecule is CCNC1CC2CCC(C1)N2CCN1CCSCC1. The van der Waals surface area contributed by atoms with Crippen molar-refractivity contribution >= 4 is 11.8 Å². The third-order valence-corrected chi connectivity index (χ3v) is 6.10. The molecule has 2 atom stereocenters. The van der Waals surface area contributed by atoms with E-state index in [-0.39, 0.29) is 0 Å². The van der Waals surface area contributed by atoms with Gasteiger partial charge in [0.25, 0.3) is 0 Å². The number of thioether (sulfide) groups is 1. The van der Waals surface area contributed by atoms with Gasteiger partial charge in [0, 0.05) is 55.8 Å². The fourth-order valence-electron chi connectivity index (χ4n) is 4.18. The Morgan fingerprint density at radius 3 is 2.37 bits per heavy atom. The zero-order valence-corrected chi connectivity index (χ0v) is 13.1. The van der Waals surface area contributed by atoms with Crippen LogP contribution in [0.25, 0.3) is 0 Å². The standard InChI is InChI=1S/C15H29N3S/c1-2-16-13-11-14-3-4-15(12-13)18(14)6-5-17-7-9-19-10-8-17/h13-16H,2-12H2,1H3. The summed E-state index contributed by atoms with van der Waals surface area (Å²) in [6, 6.07) is 2.55. The van der Waals surface area contributed by atoms with Crippen molar-refractivity contribution in [1.29, 1.82) is 0 Å². The van der Waals surface area contributed by atoms with E-state index in [1.54, 1.807) is 0 Å². The molecule has 0 aromatic heterocycles. The molecule has 3 nitrogen and oxygen atoms in total. The molecule has 3 aliphatic heterocycles.